The van der Waals surface area contributed by atoms with E-state index < -0.39 is 22.6 Å². The predicted octanol–water partition coefficient (Wildman–Crippen LogP) is 3.02. The molecule has 2 aromatic rings. The number of alkyl halides is 1. The predicted molar refractivity (Wildman–Crippen MR) is 144 cm³/mol. The molecule has 2 aromatic carbocycles. The molecule has 3 saturated heterocycles. The number of halogens is 1. The van der Waals surface area contributed by atoms with Gasteiger partial charge in [-0.1, -0.05) is 64.5 Å². The fourth-order valence-corrected chi connectivity index (χ4v) is 9.80. The molecule has 3 amide bonds. The molecular formula is C27H30BrN3O4S. The van der Waals surface area contributed by atoms with Gasteiger partial charge in [0, 0.05) is 28.9 Å². The molecule has 190 valence electrons. The lowest BCUT2D eigenvalue weighted by molar-refractivity contribution is -0.139. The number of para-hydroxylation sites is 1. The molecule has 3 aliphatic heterocycles. The Kier molecular flexibility index (Phi) is 6.91. The minimum Gasteiger partial charge on any atom is -0.395 e. The van der Waals surface area contributed by atoms with Crippen LogP contribution in [0, 0.1) is 25.7 Å². The monoisotopic (exact) mass is 571 g/mol. The number of hydrogen-bond acceptors (Lipinski definition) is 5. The topological polar surface area (TPSA) is 98.7 Å². The Morgan fingerprint density at radius 3 is 2.47 bits per heavy atom. The number of carbonyl (C=O) groups is 3. The summed E-state index contributed by atoms with van der Waals surface area (Å²) in [6.45, 7) is 4.06. The van der Waals surface area contributed by atoms with E-state index in [9.17, 15) is 19.5 Å². The molecule has 3 fully saturated rings. The lowest BCUT2D eigenvalue weighted by Crippen LogP contribution is -2.53. The van der Waals surface area contributed by atoms with Crippen molar-refractivity contribution in [2.75, 3.05) is 18.5 Å². The molecule has 0 radical (unpaired) electrons. The van der Waals surface area contributed by atoms with E-state index in [2.05, 4.69) is 26.6 Å². The molecule has 3 N–H and O–H groups in total. The van der Waals surface area contributed by atoms with E-state index in [0.717, 1.165) is 22.4 Å². The van der Waals surface area contributed by atoms with E-state index in [0.29, 0.717) is 13.0 Å². The maximum absolute atomic E-state index is 13.9. The summed E-state index contributed by atoms with van der Waals surface area (Å²) >= 11 is 5.36. The fraction of sp³-hybridized carbons (Fsp3) is 0.444. The third kappa shape index (κ3) is 4.05. The van der Waals surface area contributed by atoms with Crippen molar-refractivity contribution < 1.29 is 19.5 Å². The van der Waals surface area contributed by atoms with Crippen LogP contribution in [0.3, 0.4) is 0 Å². The first kappa shape index (κ1) is 25.3. The number of fused-ring (bicyclic) bond motifs is 1. The molecule has 3 unspecified atom stereocenters. The van der Waals surface area contributed by atoms with Crippen LogP contribution >= 0.6 is 27.7 Å². The Morgan fingerprint density at radius 1 is 1.11 bits per heavy atom. The quantitative estimate of drug-likeness (QED) is 0.444. The number of carbonyl (C=O) groups excluding carboxylic acids is 3. The van der Waals surface area contributed by atoms with Gasteiger partial charge in [0.2, 0.25) is 17.7 Å². The Balaban J connectivity index is 1.46. The molecular weight excluding hydrogens is 542 g/mol. The Labute approximate surface area is 223 Å². The number of amides is 3. The molecule has 1 spiro atoms. The van der Waals surface area contributed by atoms with Crippen molar-refractivity contribution in [3.63, 3.8) is 0 Å². The van der Waals surface area contributed by atoms with Crippen LogP contribution in [0.2, 0.25) is 0 Å². The van der Waals surface area contributed by atoms with E-state index in [-0.39, 0.29) is 41.0 Å². The Bertz CT molecular complexity index is 1170. The van der Waals surface area contributed by atoms with Gasteiger partial charge in [0.05, 0.1) is 23.2 Å². The van der Waals surface area contributed by atoms with Crippen molar-refractivity contribution in [1.29, 1.82) is 0 Å². The summed E-state index contributed by atoms with van der Waals surface area (Å²) in [5.41, 5.74) is 3.60. The second-order valence-corrected chi connectivity index (χ2v) is 12.6. The van der Waals surface area contributed by atoms with Crippen molar-refractivity contribution in [2.45, 2.75) is 47.7 Å². The van der Waals surface area contributed by atoms with E-state index in [1.807, 2.05) is 62.4 Å². The highest BCUT2D eigenvalue weighted by atomic mass is 79.9. The summed E-state index contributed by atoms with van der Waals surface area (Å²) in [7, 11) is 0. The highest BCUT2D eigenvalue weighted by molar-refractivity contribution is 9.09. The highest BCUT2D eigenvalue weighted by Gasteiger charge is 2.75. The van der Waals surface area contributed by atoms with Crippen LogP contribution in [-0.4, -0.2) is 61.7 Å². The number of β-amino-alcohol motifs (C(OH)–C–C–N with tert-alkyl or cyclic N) is 1. The van der Waals surface area contributed by atoms with Gasteiger partial charge in [0.25, 0.3) is 0 Å². The number of rotatable bonds is 7. The number of aliphatic hydroxyl groups is 1. The van der Waals surface area contributed by atoms with E-state index >= 15 is 0 Å². The molecule has 0 aliphatic carbocycles. The largest absolute Gasteiger partial charge is 0.395 e. The van der Waals surface area contributed by atoms with Crippen molar-refractivity contribution in [1.82, 2.24) is 10.2 Å². The summed E-state index contributed by atoms with van der Waals surface area (Å²) in [5.74, 6) is -1.82. The lowest BCUT2D eigenvalue weighted by atomic mass is 9.70. The highest BCUT2D eigenvalue weighted by Crippen LogP contribution is 2.67. The minimum absolute atomic E-state index is 0.00333. The number of likely N-dealkylation sites (tertiary alicyclic amines) is 1. The molecule has 9 heteroatoms. The van der Waals surface area contributed by atoms with Gasteiger partial charge in [-0.15, -0.1) is 11.8 Å². The van der Waals surface area contributed by atoms with Crippen LogP contribution in [0.25, 0.3) is 0 Å². The molecule has 7 nitrogen and oxygen atoms in total. The zero-order valence-electron chi connectivity index (χ0n) is 20.2. The summed E-state index contributed by atoms with van der Waals surface area (Å²) < 4.78 is -0.736. The van der Waals surface area contributed by atoms with Crippen molar-refractivity contribution in [3.05, 3.63) is 65.2 Å². The average molecular weight is 573 g/mol. The van der Waals surface area contributed by atoms with E-state index in [1.165, 1.54) is 4.90 Å². The van der Waals surface area contributed by atoms with Crippen LogP contribution < -0.4 is 10.6 Å². The first-order chi connectivity index (χ1) is 17.3. The van der Waals surface area contributed by atoms with Crippen LogP contribution in [0.4, 0.5) is 5.69 Å². The lowest BCUT2D eigenvalue weighted by Gasteiger charge is -2.35. The molecule has 2 bridgehead atoms. The SMILES string of the molecule is Cc1cccc(C)c1NC(=O)C1N(CCO)C(=O)[C@@H]2[C@H](C(=O)NCc3ccccc3)[C@H]3SC12CC3Br. The number of anilines is 1. The molecule has 36 heavy (non-hydrogen) atoms. The fourth-order valence-electron chi connectivity index (χ4n) is 6.18. The first-order valence-corrected chi connectivity index (χ1v) is 14.0. The van der Waals surface area contributed by atoms with Gasteiger partial charge in [-0.3, -0.25) is 14.4 Å². The summed E-state index contributed by atoms with van der Waals surface area (Å²) in [6.07, 6.45) is 0.605. The van der Waals surface area contributed by atoms with Crippen LogP contribution in [0.5, 0.6) is 0 Å². The van der Waals surface area contributed by atoms with Crippen molar-refractivity contribution in [3.8, 4) is 0 Å². The van der Waals surface area contributed by atoms with Gasteiger partial charge < -0.3 is 20.6 Å². The van der Waals surface area contributed by atoms with Crippen LogP contribution in [-0.2, 0) is 20.9 Å². The molecule has 5 rings (SSSR count). The summed E-state index contributed by atoms with van der Waals surface area (Å²) in [5, 5.41) is 15.8. The van der Waals surface area contributed by atoms with Crippen LogP contribution in [0.1, 0.15) is 23.1 Å². The molecule has 3 aliphatic rings. The number of benzene rings is 2. The van der Waals surface area contributed by atoms with Crippen molar-refractivity contribution >= 4 is 51.1 Å². The molecule has 0 saturated carbocycles. The summed E-state index contributed by atoms with van der Waals surface area (Å²) in [4.78, 5) is 42.6. The van der Waals surface area contributed by atoms with Gasteiger partial charge in [-0.2, -0.15) is 0 Å². The standard InChI is InChI=1S/C27H30BrN3O4S/c1-15-7-6-8-16(2)21(15)30-25(34)23-27-13-18(28)22(36-27)19(20(27)26(35)31(23)11-12-32)24(33)29-14-17-9-4-3-5-10-17/h3-10,18-20,22-23,32H,11-14H2,1-2H3,(H,29,33)(H,30,34)/t18?,19-,20-,22-,23?,27?/m0/s1. The van der Waals surface area contributed by atoms with E-state index in [1.54, 1.807) is 11.8 Å². The number of thioether (sulfide) groups is 1. The maximum Gasteiger partial charge on any atom is 0.248 e. The van der Waals surface area contributed by atoms with Gasteiger partial charge in [0.1, 0.15) is 6.04 Å². The second-order valence-electron chi connectivity index (χ2n) is 9.88. The molecule has 0 aromatic heterocycles. The van der Waals surface area contributed by atoms with Gasteiger partial charge in [-0.25, -0.2) is 0 Å². The number of aryl methyl sites for hydroxylation is 2. The van der Waals surface area contributed by atoms with Gasteiger partial charge >= 0.3 is 0 Å². The van der Waals surface area contributed by atoms with Gasteiger partial charge in [0.15, 0.2) is 0 Å². The smallest absolute Gasteiger partial charge is 0.248 e. The maximum atomic E-state index is 13.9. The Hall–Kier alpha value is -2.36. The number of nitrogens with zero attached hydrogens (tertiary/aromatic N) is 1. The second kappa shape index (κ2) is 9.84. The van der Waals surface area contributed by atoms with Crippen molar-refractivity contribution in [2.24, 2.45) is 11.8 Å². The van der Waals surface area contributed by atoms with E-state index in [4.69, 9.17) is 0 Å². The molecule has 3 heterocycles. The minimum atomic E-state index is -0.775. The van der Waals surface area contributed by atoms with Gasteiger partial charge in [-0.05, 0) is 37.0 Å². The number of hydrogen-bond donors (Lipinski definition) is 3. The zero-order valence-corrected chi connectivity index (χ0v) is 22.6. The molecule has 6 atom stereocenters. The third-order valence-corrected chi connectivity index (χ3v) is 10.9. The first-order valence-electron chi connectivity index (χ1n) is 12.2. The normalized spacial score (nSPS) is 30.4. The Morgan fingerprint density at radius 2 is 1.81 bits per heavy atom. The number of nitrogens with one attached hydrogen (secondary N) is 2. The number of aliphatic hydroxyl groups excluding tert-OH is 1. The zero-order chi connectivity index (χ0) is 25.6. The van der Waals surface area contributed by atoms with Crippen LogP contribution in [0.15, 0.2) is 48.5 Å². The third-order valence-electron chi connectivity index (χ3n) is 7.72. The average Bonchev–Trinajstić information content (AvgIpc) is 3.44. The summed E-state index contributed by atoms with van der Waals surface area (Å²) in [6, 6.07) is 14.7.